The van der Waals surface area contributed by atoms with Crippen molar-refractivity contribution in [3.05, 3.63) is 23.9 Å². The zero-order valence-corrected chi connectivity index (χ0v) is 10.4. The Morgan fingerprint density at radius 1 is 1.29 bits per heavy atom. The van der Waals surface area contributed by atoms with Gasteiger partial charge in [0.25, 0.3) is 0 Å². The molecule has 1 N–H and O–H groups in total. The molecule has 0 radical (unpaired) electrons. The molecular formula is C11H14ClF3N2. The zero-order chi connectivity index (χ0) is 13.1. The van der Waals surface area contributed by atoms with Gasteiger partial charge in [0, 0.05) is 18.6 Å². The number of halogens is 4. The average Bonchev–Trinajstić information content (AvgIpc) is 2.26. The van der Waals surface area contributed by atoms with Crippen LogP contribution in [0.2, 0.25) is 0 Å². The second-order valence-corrected chi connectivity index (χ2v) is 4.85. The molecule has 1 aromatic heterocycles. The number of nitrogens with one attached hydrogen (secondary N) is 1. The van der Waals surface area contributed by atoms with Gasteiger partial charge < -0.3 is 5.32 Å². The van der Waals surface area contributed by atoms with E-state index in [4.69, 9.17) is 11.6 Å². The number of hydrogen-bond acceptors (Lipinski definition) is 2. The van der Waals surface area contributed by atoms with Crippen LogP contribution < -0.4 is 5.32 Å². The number of nitrogens with zero attached hydrogens (tertiary/aromatic N) is 1. The Bertz CT molecular complexity index is 360. The summed E-state index contributed by atoms with van der Waals surface area (Å²) >= 11 is 5.74. The number of hydrogen-bond donors (Lipinski definition) is 1. The van der Waals surface area contributed by atoms with Crippen LogP contribution in [0.25, 0.3) is 0 Å². The SMILES string of the molecule is CC(C)(CCl)CNc1ccc(C(F)(F)F)cn1. The molecule has 96 valence electrons. The van der Waals surface area contributed by atoms with Gasteiger partial charge in [-0.15, -0.1) is 11.6 Å². The molecule has 0 aliphatic rings. The molecule has 0 aliphatic carbocycles. The predicted octanol–water partition coefficient (Wildman–Crippen LogP) is 3.78. The van der Waals surface area contributed by atoms with Gasteiger partial charge >= 0.3 is 6.18 Å². The normalized spacial score (nSPS) is 12.6. The van der Waals surface area contributed by atoms with E-state index >= 15 is 0 Å². The maximum absolute atomic E-state index is 12.3. The van der Waals surface area contributed by atoms with E-state index in [1.54, 1.807) is 0 Å². The summed E-state index contributed by atoms with van der Waals surface area (Å²) in [6.45, 7) is 4.46. The van der Waals surface area contributed by atoms with Gasteiger partial charge in [-0.1, -0.05) is 13.8 Å². The monoisotopic (exact) mass is 266 g/mol. The third-order valence-corrected chi connectivity index (χ3v) is 2.92. The second-order valence-electron chi connectivity index (χ2n) is 4.58. The molecule has 0 bridgehead atoms. The molecule has 0 spiro atoms. The largest absolute Gasteiger partial charge is 0.417 e. The summed E-state index contributed by atoms with van der Waals surface area (Å²) in [5.74, 6) is 0.872. The fourth-order valence-corrected chi connectivity index (χ4v) is 1.14. The van der Waals surface area contributed by atoms with E-state index in [0.29, 0.717) is 18.2 Å². The topological polar surface area (TPSA) is 24.9 Å². The summed E-state index contributed by atoms with van der Waals surface area (Å²) in [6, 6.07) is 2.32. The second kappa shape index (κ2) is 5.12. The Balaban J connectivity index is 2.64. The van der Waals surface area contributed by atoms with E-state index < -0.39 is 11.7 Å². The summed E-state index contributed by atoms with van der Waals surface area (Å²) in [7, 11) is 0. The molecule has 0 unspecified atom stereocenters. The van der Waals surface area contributed by atoms with Gasteiger partial charge in [0.1, 0.15) is 5.82 Å². The van der Waals surface area contributed by atoms with Gasteiger partial charge in [-0.3, -0.25) is 0 Å². The van der Waals surface area contributed by atoms with Gasteiger partial charge in [0.05, 0.1) is 5.56 Å². The van der Waals surface area contributed by atoms with Crippen LogP contribution in [-0.4, -0.2) is 17.4 Å². The van der Waals surface area contributed by atoms with Crippen LogP contribution in [0.4, 0.5) is 19.0 Å². The van der Waals surface area contributed by atoms with Crippen molar-refractivity contribution in [2.75, 3.05) is 17.7 Å². The first-order valence-electron chi connectivity index (χ1n) is 5.08. The van der Waals surface area contributed by atoms with Crippen LogP contribution >= 0.6 is 11.6 Å². The van der Waals surface area contributed by atoms with Crippen molar-refractivity contribution in [1.82, 2.24) is 4.98 Å². The lowest BCUT2D eigenvalue weighted by Gasteiger charge is -2.22. The highest BCUT2D eigenvalue weighted by Gasteiger charge is 2.30. The minimum Gasteiger partial charge on any atom is -0.369 e. The highest BCUT2D eigenvalue weighted by Crippen LogP contribution is 2.29. The van der Waals surface area contributed by atoms with Crippen molar-refractivity contribution in [2.24, 2.45) is 5.41 Å². The van der Waals surface area contributed by atoms with Crippen molar-refractivity contribution in [1.29, 1.82) is 0 Å². The van der Waals surface area contributed by atoms with E-state index in [0.717, 1.165) is 12.3 Å². The van der Waals surface area contributed by atoms with Crippen molar-refractivity contribution < 1.29 is 13.2 Å². The van der Waals surface area contributed by atoms with E-state index in [2.05, 4.69) is 10.3 Å². The number of aromatic nitrogens is 1. The van der Waals surface area contributed by atoms with E-state index in [1.165, 1.54) is 6.07 Å². The Morgan fingerprint density at radius 3 is 2.35 bits per heavy atom. The Hall–Kier alpha value is -0.970. The highest BCUT2D eigenvalue weighted by atomic mass is 35.5. The predicted molar refractivity (Wildman–Crippen MR) is 62.2 cm³/mol. The molecule has 1 rings (SSSR count). The minimum atomic E-state index is -4.35. The summed E-state index contributed by atoms with van der Waals surface area (Å²) in [5.41, 5.74) is -0.883. The molecule has 0 saturated heterocycles. The quantitative estimate of drug-likeness (QED) is 0.839. The van der Waals surface area contributed by atoms with Gasteiger partial charge in [-0.25, -0.2) is 4.98 Å². The third kappa shape index (κ3) is 4.42. The highest BCUT2D eigenvalue weighted by molar-refractivity contribution is 6.18. The molecule has 0 atom stereocenters. The van der Waals surface area contributed by atoms with Crippen LogP contribution in [0.15, 0.2) is 18.3 Å². The fourth-order valence-electron chi connectivity index (χ4n) is 1.04. The maximum atomic E-state index is 12.3. The molecule has 0 saturated carbocycles. The molecule has 0 aromatic carbocycles. The summed E-state index contributed by atoms with van der Waals surface area (Å²) < 4.78 is 36.8. The van der Waals surface area contributed by atoms with Crippen molar-refractivity contribution in [3.63, 3.8) is 0 Å². The lowest BCUT2D eigenvalue weighted by Crippen LogP contribution is -2.25. The van der Waals surface area contributed by atoms with Crippen molar-refractivity contribution in [2.45, 2.75) is 20.0 Å². The third-order valence-electron chi connectivity index (χ3n) is 2.20. The van der Waals surface area contributed by atoms with E-state index in [1.807, 2.05) is 13.8 Å². The molecule has 2 nitrogen and oxygen atoms in total. The minimum absolute atomic E-state index is 0.133. The Morgan fingerprint density at radius 2 is 1.94 bits per heavy atom. The average molecular weight is 267 g/mol. The summed E-state index contributed by atoms with van der Waals surface area (Å²) in [6.07, 6.45) is -3.53. The summed E-state index contributed by atoms with van der Waals surface area (Å²) in [4.78, 5) is 3.71. The van der Waals surface area contributed by atoms with Crippen LogP contribution in [0, 0.1) is 5.41 Å². The number of pyridine rings is 1. The van der Waals surface area contributed by atoms with E-state index in [9.17, 15) is 13.2 Å². The zero-order valence-electron chi connectivity index (χ0n) is 9.61. The Kier molecular flexibility index (Phi) is 4.25. The van der Waals surface area contributed by atoms with Gasteiger partial charge in [0.2, 0.25) is 0 Å². The molecule has 0 amide bonds. The van der Waals surface area contributed by atoms with Crippen LogP contribution in [-0.2, 0) is 6.18 Å². The molecule has 1 heterocycles. The van der Waals surface area contributed by atoms with Crippen LogP contribution in [0.1, 0.15) is 19.4 Å². The van der Waals surface area contributed by atoms with Gasteiger partial charge in [-0.2, -0.15) is 13.2 Å². The van der Waals surface area contributed by atoms with Gasteiger partial charge in [0.15, 0.2) is 0 Å². The van der Waals surface area contributed by atoms with E-state index in [-0.39, 0.29) is 5.41 Å². The van der Waals surface area contributed by atoms with Crippen molar-refractivity contribution >= 4 is 17.4 Å². The Labute approximate surface area is 103 Å². The number of alkyl halides is 4. The lowest BCUT2D eigenvalue weighted by molar-refractivity contribution is -0.137. The maximum Gasteiger partial charge on any atom is 0.417 e. The first-order valence-corrected chi connectivity index (χ1v) is 5.61. The molecule has 1 aromatic rings. The number of rotatable bonds is 4. The fraction of sp³-hybridized carbons (Fsp3) is 0.545. The van der Waals surface area contributed by atoms with Gasteiger partial charge in [-0.05, 0) is 17.5 Å². The first kappa shape index (κ1) is 14.1. The molecular weight excluding hydrogens is 253 g/mol. The first-order chi connectivity index (χ1) is 7.74. The van der Waals surface area contributed by atoms with Crippen LogP contribution in [0.3, 0.4) is 0 Å². The lowest BCUT2D eigenvalue weighted by atomic mass is 9.97. The van der Waals surface area contributed by atoms with Crippen LogP contribution in [0.5, 0.6) is 0 Å². The molecule has 17 heavy (non-hydrogen) atoms. The van der Waals surface area contributed by atoms with Crippen molar-refractivity contribution in [3.8, 4) is 0 Å². The number of anilines is 1. The molecule has 0 fully saturated rings. The molecule has 0 aliphatic heterocycles. The summed E-state index contributed by atoms with van der Waals surface area (Å²) in [5, 5.41) is 2.95. The smallest absolute Gasteiger partial charge is 0.369 e. The molecule has 6 heteroatoms. The standard InChI is InChI=1S/C11H14ClF3N2/c1-10(2,6-12)7-17-9-4-3-8(5-16-9)11(13,14)15/h3-5H,6-7H2,1-2H3,(H,16,17).